The minimum absolute atomic E-state index is 0.0723. The second kappa shape index (κ2) is 17.0. The van der Waals surface area contributed by atoms with Crippen molar-refractivity contribution in [2.45, 2.75) is 76.7 Å². The summed E-state index contributed by atoms with van der Waals surface area (Å²) in [6.07, 6.45) is 8.17. The molecule has 0 saturated heterocycles. The van der Waals surface area contributed by atoms with E-state index < -0.39 is 5.41 Å². The van der Waals surface area contributed by atoms with Crippen LogP contribution in [0.4, 0.5) is 0 Å². The molecule has 2 bridgehead atoms. The molecule has 2 aliphatic heterocycles. The topological polar surface area (TPSA) is 157 Å². The molecule has 5 rings (SSSR count). The summed E-state index contributed by atoms with van der Waals surface area (Å²) in [7, 11) is 1.59. The molecule has 1 atom stereocenters. The lowest BCUT2D eigenvalue weighted by molar-refractivity contribution is -0.133. The van der Waals surface area contributed by atoms with Gasteiger partial charge in [0.2, 0.25) is 17.7 Å². The summed E-state index contributed by atoms with van der Waals surface area (Å²) in [5.74, 6) is 1.40. The number of fused-ring (bicyclic) bond motifs is 17. The molecule has 12 nitrogen and oxygen atoms in total. The van der Waals surface area contributed by atoms with Crippen LogP contribution in [0.1, 0.15) is 81.0 Å². The van der Waals surface area contributed by atoms with Crippen LogP contribution in [0.15, 0.2) is 28.8 Å². The average molecular weight is 599 g/mol. The number of methoxy groups -OCH3 is 1. The van der Waals surface area contributed by atoms with Crippen molar-refractivity contribution in [2.75, 3.05) is 46.5 Å². The fraction of sp³-hybridized carbons (Fsp3) is 0.645. The first-order valence-electron chi connectivity index (χ1n) is 15.5. The highest BCUT2D eigenvalue weighted by Crippen LogP contribution is 2.31. The van der Waals surface area contributed by atoms with Crippen molar-refractivity contribution in [3.8, 4) is 5.75 Å². The van der Waals surface area contributed by atoms with Crippen LogP contribution in [0.2, 0.25) is 0 Å². The Hall–Kier alpha value is -3.51. The summed E-state index contributed by atoms with van der Waals surface area (Å²) >= 11 is 0. The molecule has 236 valence electrons. The van der Waals surface area contributed by atoms with Crippen LogP contribution in [0.5, 0.6) is 5.75 Å². The Morgan fingerprint density at radius 2 is 1.81 bits per heavy atom. The molecule has 12 heteroatoms. The number of carbonyl (C=O) groups is 3. The smallest absolute Gasteiger partial charge is 0.257 e. The second-order valence-corrected chi connectivity index (χ2v) is 11.5. The van der Waals surface area contributed by atoms with Gasteiger partial charge in [0.05, 0.1) is 12.0 Å². The highest BCUT2D eigenvalue weighted by molar-refractivity contribution is 5.84. The number of rotatable bonds is 7. The molecule has 1 saturated carbocycles. The van der Waals surface area contributed by atoms with E-state index in [0.717, 1.165) is 44.2 Å². The molecule has 3 amide bonds. The Bertz CT molecular complexity index is 1170. The van der Waals surface area contributed by atoms with Gasteiger partial charge in [-0.2, -0.15) is 4.98 Å². The van der Waals surface area contributed by atoms with Crippen LogP contribution in [0.25, 0.3) is 0 Å². The molecular formula is C31H46N6O6. The van der Waals surface area contributed by atoms with E-state index in [4.69, 9.17) is 14.0 Å². The summed E-state index contributed by atoms with van der Waals surface area (Å²) in [6, 6.07) is 7.33. The molecule has 43 heavy (non-hydrogen) atoms. The summed E-state index contributed by atoms with van der Waals surface area (Å²) in [4.78, 5) is 43.5. The van der Waals surface area contributed by atoms with Gasteiger partial charge in [0.1, 0.15) is 5.75 Å². The summed E-state index contributed by atoms with van der Waals surface area (Å²) in [6.45, 7) is 2.46. The molecule has 0 spiro atoms. The van der Waals surface area contributed by atoms with Crippen molar-refractivity contribution >= 4 is 17.7 Å². The van der Waals surface area contributed by atoms with E-state index in [1.54, 1.807) is 19.2 Å². The van der Waals surface area contributed by atoms with Crippen LogP contribution < -0.4 is 26.0 Å². The Morgan fingerprint density at radius 1 is 1.02 bits per heavy atom. The standard InChI is InChI=1S/C31H46N6O6/c1-41-18-14-31(30(40)34-20-28-36-29(37-43-28)24-7-3-2-4-8-24)19-23-10-12-25(13-11-23)42-21-27(39)33-17-6-16-32-15-5-9-26(38)35-22-31/h10-13,24,32H,2-9,14-22H2,1H3,(H,33,39)(H,34,40)(H,35,38). The fourth-order valence-corrected chi connectivity index (χ4v) is 5.61. The minimum atomic E-state index is -1.00. The zero-order valence-electron chi connectivity index (χ0n) is 25.3. The highest BCUT2D eigenvalue weighted by atomic mass is 16.5. The van der Waals surface area contributed by atoms with Gasteiger partial charge in [0, 0.05) is 39.1 Å². The number of benzene rings is 1. The SMILES string of the molecule is COCCC1(C(=O)NCc2nc(C3CCCCC3)no2)CNC(=O)CCCNCCCNC(=O)COc2ccc(cc2)C1. The van der Waals surface area contributed by atoms with Gasteiger partial charge in [-0.3, -0.25) is 14.4 Å². The molecule has 4 N–H and O–H groups in total. The molecule has 1 aliphatic carbocycles. The van der Waals surface area contributed by atoms with E-state index in [-0.39, 0.29) is 37.4 Å². The fourth-order valence-electron chi connectivity index (χ4n) is 5.61. The van der Waals surface area contributed by atoms with Gasteiger partial charge in [-0.15, -0.1) is 0 Å². The molecule has 2 aromatic rings. The normalized spacial score (nSPS) is 21.8. The third-order valence-corrected chi connectivity index (χ3v) is 8.19. The zero-order chi connectivity index (χ0) is 30.3. The van der Waals surface area contributed by atoms with Crippen LogP contribution in [0, 0.1) is 5.41 Å². The number of amides is 3. The number of aromatic nitrogens is 2. The van der Waals surface area contributed by atoms with Gasteiger partial charge in [0.25, 0.3) is 5.91 Å². The first kappa shape index (κ1) is 32.4. The molecule has 3 heterocycles. The van der Waals surface area contributed by atoms with Crippen molar-refractivity contribution in [1.29, 1.82) is 0 Å². The number of carbonyl (C=O) groups excluding carboxylic acids is 3. The predicted octanol–water partition coefficient (Wildman–Crippen LogP) is 2.38. The minimum Gasteiger partial charge on any atom is -0.484 e. The number of nitrogens with one attached hydrogen (secondary N) is 4. The van der Waals surface area contributed by atoms with Crippen LogP contribution >= 0.6 is 0 Å². The largest absolute Gasteiger partial charge is 0.484 e. The van der Waals surface area contributed by atoms with Gasteiger partial charge < -0.3 is 35.3 Å². The third kappa shape index (κ3) is 10.3. The third-order valence-electron chi connectivity index (χ3n) is 8.19. The number of nitrogens with zero attached hydrogens (tertiary/aromatic N) is 2. The maximum absolute atomic E-state index is 14.0. The van der Waals surface area contributed by atoms with Crippen molar-refractivity contribution in [2.24, 2.45) is 5.41 Å². The highest BCUT2D eigenvalue weighted by Gasteiger charge is 2.39. The van der Waals surface area contributed by atoms with E-state index in [9.17, 15) is 14.4 Å². The molecule has 1 unspecified atom stereocenters. The lowest BCUT2D eigenvalue weighted by Crippen LogP contribution is -2.50. The zero-order valence-corrected chi connectivity index (χ0v) is 25.3. The average Bonchev–Trinajstić information content (AvgIpc) is 3.51. The van der Waals surface area contributed by atoms with Crippen molar-refractivity contribution in [3.63, 3.8) is 0 Å². The van der Waals surface area contributed by atoms with E-state index >= 15 is 0 Å². The van der Waals surface area contributed by atoms with E-state index in [1.807, 2.05) is 12.1 Å². The van der Waals surface area contributed by atoms with Crippen LogP contribution in [0.3, 0.4) is 0 Å². The Labute approximate surface area is 253 Å². The maximum Gasteiger partial charge on any atom is 0.257 e. The molecule has 1 aromatic carbocycles. The van der Waals surface area contributed by atoms with Gasteiger partial charge in [-0.05, 0) is 69.3 Å². The van der Waals surface area contributed by atoms with Gasteiger partial charge in [-0.1, -0.05) is 36.6 Å². The van der Waals surface area contributed by atoms with E-state index in [1.165, 1.54) is 6.42 Å². The summed E-state index contributed by atoms with van der Waals surface area (Å²) in [5, 5.41) is 16.4. The van der Waals surface area contributed by atoms with Gasteiger partial charge in [-0.25, -0.2) is 0 Å². The number of ether oxygens (including phenoxy) is 2. The first-order valence-corrected chi connectivity index (χ1v) is 15.5. The molecule has 1 aromatic heterocycles. The quantitative estimate of drug-likeness (QED) is 0.376. The molecule has 0 radical (unpaired) electrons. The Morgan fingerprint density at radius 3 is 2.60 bits per heavy atom. The lowest BCUT2D eigenvalue weighted by atomic mass is 9.77. The Kier molecular flexibility index (Phi) is 12.8. The van der Waals surface area contributed by atoms with E-state index in [2.05, 4.69) is 31.4 Å². The summed E-state index contributed by atoms with van der Waals surface area (Å²) < 4.78 is 16.6. The number of hydrogen-bond donors (Lipinski definition) is 4. The lowest BCUT2D eigenvalue weighted by Gasteiger charge is -2.33. The van der Waals surface area contributed by atoms with Gasteiger partial charge >= 0.3 is 0 Å². The van der Waals surface area contributed by atoms with Crippen LogP contribution in [-0.4, -0.2) is 74.4 Å². The number of hydrogen-bond acceptors (Lipinski definition) is 9. The Balaban J connectivity index is 1.50. The van der Waals surface area contributed by atoms with Crippen molar-refractivity contribution in [1.82, 2.24) is 31.4 Å². The van der Waals surface area contributed by atoms with Gasteiger partial charge in [0.15, 0.2) is 12.4 Å². The van der Waals surface area contributed by atoms with E-state index in [0.29, 0.717) is 68.8 Å². The monoisotopic (exact) mass is 598 g/mol. The summed E-state index contributed by atoms with van der Waals surface area (Å²) in [5.41, 5.74) is -0.118. The van der Waals surface area contributed by atoms with Crippen molar-refractivity contribution in [3.05, 3.63) is 41.5 Å². The molecule has 1 fully saturated rings. The first-order chi connectivity index (χ1) is 21.0. The second-order valence-electron chi connectivity index (χ2n) is 11.5. The van der Waals surface area contributed by atoms with Crippen molar-refractivity contribution < 1.29 is 28.4 Å². The maximum atomic E-state index is 14.0. The van der Waals surface area contributed by atoms with Crippen LogP contribution in [-0.2, 0) is 32.1 Å². The predicted molar refractivity (Wildman–Crippen MR) is 159 cm³/mol. The molecule has 3 aliphatic rings. The molecular weight excluding hydrogens is 552 g/mol.